The second-order valence-electron chi connectivity index (χ2n) is 7.57. The van der Waals surface area contributed by atoms with Crippen molar-refractivity contribution in [2.75, 3.05) is 18.0 Å². The SMILES string of the molecule is CCN(C(=O)c1nc(C(=O)NCCC(C)C)n2ccccc12)c1cccc(C)c1. The first-order valence-corrected chi connectivity index (χ1v) is 10.1. The minimum atomic E-state index is -0.274. The number of fused-ring (bicyclic) bond motifs is 1. The molecule has 2 heterocycles. The van der Waals surface area contributed by atoms with E-state index in [0.29, 0.717) is 24.5 Å². The summed E-state index contributed by atoms with van der Waals surface area (Å²) in [5.74, 6) is 0.234. The fourth-order valence-corrected chi connectivity index (χ4v) is 3.28. The smallest absolute Gasteiger partial charge is 0.287 e. The molecule has 2 aromatic heterocycles. The highest BCUT2D eigenvalue weighted by Crippen LogP contribution is 2.21. The van der Waals surface area contributed by atoms with Crippen molar-refractivity contribution in [1.82, 2.24) is 14.7 Å². The molecule has 0 aliphatic rings. The molecule has 6 heteroatoms. The van der Waals surface area contributed by atoms with Gasteiger partial charge in [0.25, 0.3) is 11.8 Å². The molecule has 1 aromatic carbocycles. The molecule has 3 rings (SSSR count). The van der Waals surface area contributed by atoms with Gasteiger partial charge < -0.3 is 10.2 Å². The maximum atomic E-state index is 13.4. The van der Waals surface area contributed by atoms with Crippen molar-refractivity contribution in [3.63, 3.8) is 0 Å². The summed E-state index contributed by atoms with van der Waals surface area (Å²) in [5, 5.41) is 2.91. The van der Waals surface area contributed by atoms with Gasteiger partial charge in [0.1, 0.15) is 0 Å². The summed E-state index contributed by atoms with van der Waals surface area (Å²) in [6.07, 6.45) is 2.65. The average molecular weight is 393 g/mol. The van der Waals surface area contributed by atoms with Gasteiger partial charge in [-0.15, -0.1) is 0 Å². The maximum absolute atomic E-state index is 13.4. The third-order valence-corrected chi connectivity index (χ3v) is 4.84. The van der Waals surface area contributed by atoms with E-state index in [4.69, 9.17) is 0 Å². The van der Waals surface area contributed by atoms with E-state index in [9.17, 15) is 9.59 Å². The van der Waals surface area contributed by atoms with Gasteiger partial charge in [-0.2, -0.15) is 0 Å². The summed E-state index contributed by atoms with van der Waals surface area (Å²) < 4.78 is 1.68. The number of nitrogens with zero attached hydrogens (tertiary/aromatic N) is 3. The van der Waals surface area contributed by atoms with Crippen LogP contribution in [0.4, 0.5) is 5.69 Å². The van der Waals surface area contributed by atoms with Crippen LogP contribution in [0.2, 0.25) is 0 Å². The van der Waals surface area contributed by atoms with Gasteiger partial charge in [-0.1, -0.05) is 32.0 Å². The lowest BCUT2D eigenvalue weighted by Gasteiger charge is -2.20. The molecule has 0 saturated heterocycles. The van der Waals surface area contributed by atoms with E-state index in [1.165, 1.54) is 0 Å². The van der Waals surface area contributed by atoms with E-state index in [1.54, 1.807) is 15.5 Å². The number of aryl methyl sites for hydroxylation is 1. The van der Waals surface area contributed by atoms with Gasteiger partial charge >= 0.3 is 0 Å². The van der Waals surface area contributed by atoms with E-state index in [0.717, 1.165) is 17.7 Å². The van der Waals surface area contributed by atoms with Crippen LogP contribution in [-0.4, -0.2) is 34.3 Å². The fraction of sp³-hybridized carbons (Fsp3) is 0.348. The molecule has 0 aliphatic carbocycles. The Kier molecular flexibility index (Phi) is 6.32. The first kappa shape index (κ1) is 20.6. The standard InChI is InChI=1S/C23H28N4O2/c1-5-26(18-10-8-9-17(4)15-18)23(29)20-19-11-6-7-14-27(19)21(25-20)22(28)24-13-12-16(2)3/h6-11,14-16H,5,12-13H2,1-4H3,(H,24,28). The molecule has 3 aromatic rings. The number of rotatable bonds is 7. The Bertz CT molecular complexity index is 1020. The molecule has 0 bridgehead atoms. The number of aromatic nitrogens is 2. The fourth-order valence-electron chi connectivity index (χ4n) is 3.28. The van der Waals surface area contributed by atoms with Crippen LogP contribution in [0.25, 0.3) is 5.52 Å². The Morgan fingerprint density at radius 1 is 1.17 bits per heavy atom. The van der Waals surface area contributed by atoms with Crippen LogP contribution in [0.15, 0.2) is 48.7 Å². The zero-order valence-corrected chi connectivity index (χ0v) is 17.5. The minimum Gasteiger partial charge on any atom is -0.349 e. The van der Waals surface area contributed by atoms with E-state index < -0.39 is 0 Å². The Balaban J connectivity index is 1.97. The van der Waals surface area contributed by atoms with Gasteiger partial charge in [0, 0.05) is 25.0 Å². The molecule has 29 heavy (non-hydrogen) atoms. The molecule has 0 fully saturated rings. The highest BCUT2D eigenvalue weighted by Gasteiger charge is 2.25. The lowest BCUT2D eigenvalue weighted by atomic mass is 10.1. The van der Waals surface area contributed by atoms with Gasteiger partial charge in [0.2, 0.25) is 5.82 Å². The van der Waals surface area contributed by atoms with Crippen LogP contribution >= 0.6 is 0 Å². The molecule has 0 aliphatic heterocycles. The number of pyridine rings is 1. The lowest BCUT2D eigenvalue weighted by molar-refractivity contribution is 0.0941. The second kappa shape index (κ2) is 8.90. The predicted octanol–water partition coefficient (Wildman–Crippen LogP) is 4.09. The van der Waals surface area contributed by atoms with Crippen molar-refractivity contribution >= 4 is 23.0 Å². The van der Waals surface area contributed by atoms with Crippen LogP contribution < -0.4 is 10.2 Å². The first-order chi connectivity index (χ1) is 13.9. The number of hydrogen-bond donors (Lipinski definition) is 1. The third kappa shape index (κ3) is 4.47. The molecule has 0 unspecified atom stereocenters. The van der Waals surface area contributed by atoms with Crippen LogP contribution in [0.5, 0.6) is 0 Å². The number of amides is 2. The topological polar surface area (TPSA) is 66.7 Å². The van der Waals surface area contributed by atoms with Crippen molar-refractivity contribution in [3.05, 3.63) is 65.7 Å². The van der Waals surface area contributed by atoms with Gasteiger partial charge in [-0.05, 0) is 56.0 Å². The molecular weight excluding hydrogens is 364 g/mol. The minimum absolute atomic E-state index is 0.219. The van der Waals surface area contributed by atoms with Gasteiger partial charge in [-0.25, -0.2) is 4.98 Å². The Morgan fingerprint density at radius 3 is 2.66 bits per heavy atom. The van der Waals surface area contributed by atoms with Crippen LogP contribution in [0, 0.1) is 12.8 Å². The van der Waals surface area contributed by atoms with Crippen molar-refractivity contribution in [2.24, 2.45) is 5.92 Å². The number of benzene rings is 1. The second-order valence-corrected chi connectivity index (χ2v) is 7.57. The van der Waals surface area contributed by atoms with E-state index in [-0.39, 0.29) is 23.3 Å². The molecule has 0 saturated carbocycles. The molecule has 0 spiro atoms. The van der Waals surface area contributed by atoms with Gasteiger partial charge in [0.05, 0.1) is 5.52 Å². The number of hydrogen-bond acceptors (Lipinski definition) is 3. The number of imidazole rings is 1. The van der Waals surface area contributed by atoms with Crippen LogP contribution in [0.3, 0.4) is 0 Å². The summed E-state index contributed by atoms with van der Waals surface area (Å²) in [5.41, 5.74) is 2.80. The van der Waals surface area contributed by atoms with Crippen molar-refractivity contribution in [2.45, 2.75) is 34.1 Å². The molecule has 2 amide bonds. The summed E-state index contributed by atoms with van der Waals surface area (Å²) in [6, 6.07) is 13.3. The summed E-state index contributed by atoms with van der Waals surface area (Å²) >= 11 is 0. The van der Waals surface area contributed by atoms with E-state index in [1.807, 2.05) is 56.3 Å². The van der Waals surface area contributed by atoms with Gasteiger partial charge in [0.15, 0.2) is 5.69 Å². The first-order valence-electron chi connectivity index (χ1n) is 10.1. The molecular formula is C23H28N4O2. The Labute approximate surface area is 171 Å². The average Bonchev–Trinajstić information content (AvgIpc) is 3.08. The Morgan fingerprint density at radius 2 is 1.97 bits per heavy atom. The van der Waals surface area contributed by atoms with Crippen molar-refractivity contribution in [1.29, 1.82) is 0 Å². The molecule has 0 radical (unpaired) electrons. The van der Waals surface area contributed by atoms with Crippen LogP contribution in [0.1, 0.15) is 53.9 Å². The zero-order chi connectivity index (χ0) is 21.0. The van der Waals surface area contributed by atoms with Crippen molar-refractivity contribution in [3.8, 4) is 0 Å². The lowest BCUT2D eigenvalue weighted by Crippen LogP contribution is -2.31. The van der Waals surface area contributed by atoms with E-state index in [2.05, 4.69) is 24.1 Å². The zero-order valence-electron chi connectivity index (χ0n) is 17.5. The number of carbonyl (C=O) groups is 2. The van der Waals surface area contributed by atoms with E-state index >= 15 is 0 Å². The monoisotopic (exact) mass is 392 g/mol. The Hall–Kier alpha value is -3.15. The third-order valence-electron chi connectivity index (χ3n) is 4.84. The molecule has 0 atom stereocenters. The molecule has 6 nitrogen and oxygen atoms in total. The number of carbonyl (C=O) groups excluding carboxylic acids is 2. The van der Waals surface area contributed by atoms with Crippen LogP contribution in [-0.2, 0) is 0 Å². The predicted molar refractivity (Wildman–Crippen MR) is 116 cm³/mol. The number of anilines is 1. The maximum Gasteiger partial charge on any atom is 0.287 e. The molecule has 1 N–H and O–H groups in total. The highest BCUT2D eigenvalue weighted by molar-refractivity contribution is 6.10. The highest BCUT2D eigenvalue weighted by atomic mass is 16.2. The molecule has 152 valence electrons. The normalized spacial score (nSPS) is 11.1. The number of nitrogens with one attached hydrogen (secondary N) is 1. The quantitative estimate of drug-likeness (QED) is 0.659. The summed E-state index contributed by atoms with van der Waals surface area (Å²) in [4.78, 5) is 32.2. The van der Waals surface area contributed by atoms with Crippen molar-refractivity contribution < 1.29 is 9.59 Å². The van der Waals surface area contributed by atoms with Gasteiger partial charge in [-0.3, -0.25) is 14.0 Å². The summed E-state index contributed by atoms with van der Waals surface area (Å²) in [6.45, 7) is 9.22. The summed E-state index contributed by atoms with van der Waals surface area (Å²) in [7, 11) is 0. The largest absolute Gasteiger partial charge is 0.349 e.